The minimum Gasteiger partial charge on any atom is -0.369 e. The average Bonchev–Trinajstić information content (AvgIpc) is 2.54. The Bertz CT molecular complexity index is 888. The normalized spacial score (nSPS) is 19.9. The lowest BCUT2D eigenvalue weighted by molar-refractivity contribution is 0.305. The summed E-state index contributed by atoms with van der Waals surface area (Å²) in [6, 6.07) is 4.90. The highest BCUT2D eigenvalue weighted by molar-refractivity contribution is 7.85. The van der Waals surface area contributed by atoms with Crippen LogP contribution in [0.5, 0.6) is 0 Å². The second-order valence-corrected chi connectivity index (χ2v) is 8.71. The molecule has 1 spiro atoms. The first-order chi connectivity index (χ1) is 12.6. The molecule has 3 rings (SSSR count). The molecule has 0 radical (unpaired) electrons. The van der Waals surface area contributed by atoms with Crippen molar-refractivity contribution in [3.63, 3.8) is 0 Å². The predicted molar refractivity (Wildman–Crippen MR) is 105 cm³/mol. The Morgan fingerprint density at radius 3 is 2.48 bits per heavy atom. The van der Waals surface area contributed by atoms with Gasteiger partial charge in [-0.1, -0.05) is 12.5 Å². The maximum Gasteiger partial charge on any atom is 0.294 e. The minimum absolute atomic E-state index is 0.130. The Morgan fingerprint density at radius 1 is 1.22 bits per heavy atom. The number of hydrogen-bond acceptors (Lipinski definition) is 8. The molecule has 1 fully saturated rings. The van der Waals surface area contributed by atoms with Gasteiger partial charge in [-0.2, -0.15) is 13.4 Å². The van der Waals surface area contributed by atoms with Crippen LogP contribution < -0.4 is 16.4 Å². The summed E-state index contributed by atoms with van der Waals surface area (Å²) in [6.45, 7) is 0.370. The van der Waals surface area contributed by atoms with Gasteiger partial charge < -0.3 is 16.4 Å². The number of rotatable bonds is 4. The van der Waals surface area contributed by atoms with E-state index in [1.54, 1.807) is 17.0 Å². The number of anilines is 1. The van der Waals surface area contributed by atoms with Gasteiger partial charge in [0.15, 0.2) is 0 Å². The molecule has 2 aliphatic rings. The lowest BCUT2D eigenvalue weighted by Crippen LogP contribution is -2.58. The molecule has 1 aliphatic carbocycles. The average molecular weight is 395 g/mol. The molecule has 5 N–H and O–H groups in total. The van der Waals surface area contributed by atoms with E-state index in [-0.39, 0.29) is 16.8 Å². The highest BCUT2D eigenvalue weighted by atomic mass is 32.2. The minimum atomic E-state index is -4.41. The van der Waals surface area contributed by atoms with E-state index in [1.165, 1.54) is 6.07 Å². The quantitative estimate of drug-likeness (QED) is 0.650. The Balaban J connectivity index is 2.12. The molecule has 0 bridgehead atoms. The highest BCUT2D eigenvalue weighted by Gasteiger charge is 2.42. The summed E-state index contributed by atoms with van der Waals surface area (Å²) in [5.74, 6) is 0.302. The number of guanidine groups is 2. The van der Waals surface area contributed by atoms with Crippen LogP contribution in [0.2, 0.25) is 0 Å². The van der Waals surface area contributed by atoms with Gasteiger partial charge in [-0.05, 0) is 57.5 Å². The zero-order valence-corrected chi connectivity index (χ0v) is 16.4. The van der Waals surface area contributed by atoms with E-state index < -0.39 is 15.8 Å². The molecule has 1 aromatic carbocycles. The fraction of sp³-hybridized carbons (Fsp3) is 0.529. The lowest BCUT2D eigenvalue weighted by atomic mass is 9.87. The van der Waals surface area contributed by atoms with Crippen LogP contribution in [0.4, 0.5) is 5.69 Å². The predicted octanol–water partition coefficient (Wildman–Crippen LogP) is 1.10. The van der Waals surface area contributed by atoms with Gasteiger partial charge in [-0.15, -0.1) is 0 Å². The van der Waals surface area contributed by atoms with E-state index in [0.717, 1.165) is 32.1 Å². The van der Waals surface area contributed by atoms with Crippen LogP contribution >= 0.6 is 0 Å². The zero-order valence-electron chi connectivity index (χ0n) is 15.6. The summed E-state index contributed by atoms with van der Waals surface area (Å²) in [4.78, 5) is 12.1. The monoisotopic (exact) mass is 394 g/mol. The fourth-order valence-corrected chi connectivity index (χ4v) is 4.62. The smallest absolute Gasteiger partial charge is 0.294 e. The summed E-state index contributed by atoms with van der Waals surface area (Å²) in [7, 11) is -0.756. The second kappa shape index (κ2) is 7.10. The number of aliphatic imine (C=N–C) groups is 2. The van der Waals surface area contributed by atoms with Crippen molar-refractivity contribution < 1.29 is 13.0 Å². The third-order valence-electron chi connectivity index (χ3n) is 4.92. The molecule has 1 saturated carbocycles. The van der Waals surface area contributed by atoms with Gasteiger partial charge in [-0.3, -0.25) is 9.45 Å². The fourth-order valence-electron chi connectivity index (χ4n) is 3.89. The van der Waals surface area contributed by atoms with Crippen molar-refractivity contribution in [2.45, 2.75) is 49.2 Å². The first-order valence-corrected chi connectivity index (χ1v) is 10.3. The van der Waals surface area contributed by atoms with Crippen molar-refractivity contribution in [3.05, 3.63) is 23.8 Å². The third kappa shape index (κ3) is 3.92. The Hall–Kier alpha value is -2.17. The molecule has 9 nitrogen and oxygen atoms in total. The maximum absolute atomic E-state index is 12.0. The lowest BCUT2D eigenvalue weighted by Gasteiger charge is -2.45. The van der Waals surface area contributed by atoms with Gasteiger partial charge in [0.2, 0.25) is 11.9 Å². The molecule has 27 heavy (non-hydrogen) atoms. The molecule has 10 heteroatoms. The van der Waals surface area contributed by atoms with Gasteiger partial charge in [0.1, 0.15) is 10.6 Å². The van der Waals surface area contributed by atoms with E-state index in [1.807, 2.05) is 19.0 Å². The first kappa shape index (κ1) is 19.6. The topological polar surface area (TPSA) is 138 Å². The molecular weight excluding hydrogens is 368 g/mol. The second-order valence-electron chi connectivity index (χ2n) is 7.32. The van der Waals surface area contributed by atoms with Crippen molar-refractivity contribution in [1.82, 2.24) is 4.90 Å². The number of nitrogens with two attached hydrogens (primary N) is 2. The standard InChI is InChI=1S/C17H26N6O3S/c1-22(2)11-12-6-7-13(10-14(12)27(24,25)26)23-16(19)20-15(18)21-17(23)8-4-3-5-9-17/h6-7,10H,3-5,8-9,11H2,1-2H3,(H,24,25,26)(H4,18,19,20,21). The first-order valence-electron chi connectivity index (χ1n) is 8.87. The molecule has 0 atom stereocenters. The van der Waals surface area contributed by atoms with Crippen molar-refractivity contribution in [2.24, 2.45) is 21.5 Å². The van der Waals surface area contributed by atoms with Crippen LogP contribution in [0.1, 0.15) is 37.7 Å². The molecule has 0 unspecified atom stereocenters. The van der Waals surface area contributed by atoms with Gasteiger partial charge >= 0.3 is 0 Å². The van der Waals surface area contributed by atoms with E-state index in [2.05, 4.69) is 9.98 Å². The van der Waals surface area contributed by atoms with Crippen LogP contribution in [0, 0.1) is 0 Å². The third-order valence-corrected chi connectivity index (χ3v) is 5.86. The summed E-state index contributed by atoms with van der Waals surface area (Å²) in [5, 5.41) is 0. The molecule has 1 heterocycles. The maximum atomic E-state index is 12.0. The van der Waals surface area contributed by atoms with Gasteiger partial charge in [0.05, 0.1) is 0 Å². The van der Waals surface area contributed by atoms with Gasteiger partial charge in [0, 0.05) is 12.2 Å². The van der Waals surface area contributed by atoms with Crippen LogP contribution in [-0.2, 0) is 16.7 Å². The van der Waals surface area contributed by atoms with E-state index in [4.69, 9.17) is 11.5 Å². The van der Waals surface area contributed by atoms with E-state index >= 15 is 0 Å². The number of hydrogen-bond donors (Lipinski definition) is 3. The van der Waals surface area contributed by atoms with Crippen LogP contribution in [0.3, 0.4) is 0 Å². The van der Waals surface area contributed by atoms with Crippen molar-refractivity contribution in [3.8, 4) is 0 Å². The molecule has 1 aliphatic heterocycles. The highest BCUT2D eigenvalue weighted by Crippen LogP contribution is 2.40. The zero-order chi connectivity index (χ0) is 19.8. The van der Waals surface area contributed by atoms with Crippen LogP contribution in [0.25, 0.3) is 0 Å². The molecular formula is C17H26N6O3S. The Kier molecular flexibility index (Phi) is 5.15. The van der Waals surface area contributed by atoms with Gasteiger partial charge in [0.25, 0.3) is 10.1 Å². The number of benzene rings is 1. The van der Waals surface area contributed by atoms with Crippen LogP contribution in [0.15, 0.2) is 33.1 Å². The summed E-state index contributed by atoms with van der Waals surface area (Å²) in [6.07, 6.45) is 4.50. The summed E-state index contributed by atoms with van der Waals surface area (Å²) >= 11 is 0. The van der Waals surface area contributed by atoms with Crippen LogP contribution in [-0.4, -0.2) is 49.5 Å². The van der Waals surface area contributed by atoms with Crippen molar-refractivity contribution >= 4 is 27.7 Å². The molecule has 0 saturated heterocycles. The van der Waals surface area contributed by atoms with E-state index in [9.17, 15) is 13.0 Å². The molecule has 148 valence electrons. The van der Waals surface area contributed by atoms with Crippen molar-refractivity contribution in [1.29, 1.82) is 0 Å². The Morgan fingerprint density at radius 2 is 1.89 bits per heavy atom. The molecule has 1 aromatic rings. The Labute approximate surface area is 159 Å². The SMILES string of the molecule is CN(C)Cc1ccc(N2C(N)=NC(N)=NC23CCCCC3)cc1S(=O)(=O)O. The summed E-state index contributed by atoms with van der Waals surface area (Å²) in [5.41, 5.74) is 12.4. The molecule has 0 aromatic heterocycles. The largest absolute Gasteiger partial charge is 0.369 e. The number of nitrogens with zero attached hydrogens (tertiary/aromatic N) is 4. The summed E-state index contributed by atoms with van der Waals surface area (Å²) < 4.78 is 33.7. The van der Waals surface area contributed by atoms with Crippen molar-refractivity contribution in [2.75, 3.05) is 19.0 Å². The molecule has 0 amide bonds. The van der Waals surface area contributed by atoms with E-state index in [0.29, 0.717) is 17.8 Å². The van der Waals surface area contributed by atoms with Gasteiger partial charge in [-0.25, -0.2) is 4.99 Å².